The summed E-state index contributed by atoms with van der Waals surface area (Å²) in [6, 6.07) is 4.16. The van der Waals surface area contributed by atoms with Crippen molar-refractivity contribution >= 4 is 12.6 Å². The van der Waals surface area contributed by atoms with Crippen LogP contribution >= 0.6 is 0 Å². The highest BCUT2D eigenvalue weighted by Gasteiger charge is 2.52. The maximum Gasteiger partial charge on any atom is 0.495 e. The maximum atomic E-state index is 6.27. The topological polar surface area (TPSA) is 40.6 Å². The molecule has 26 heavy (non-hydrogen) atoms. The predicted octanol–water partition coefficient (Wildman–Crippen LogP) is 4.61. The fourth-order valence-electron chi connectivity index (χ4n) is 3.64. The van der Waals surface area contributed by atoms with Crippen molar-refractivity contribution in [1.82, 2.24) is 4.98 Å². The summed E-state index contributed by atoms with van der Waals surface area (Å²) < 4.78 is 18.7. The molecule has 2 aliphatic rings. The Morgan fingerprint density at radius 1 is 1.00 bits per heavy atom. The number of nitrogens with zero attached hydrogens (tertiary/aromatic N) is 1. The van der Waals surface area contributed by atoms with Gasteiger partial charge in [-0.3, -0.25) is 0 Å². The molecule has 1 aromatic heterocycles. The van der Waals surface area contributed by atoms with Gasteiger partial charge in [-0.1, -0.05) is 19.3 Å². The molecule has 0 radical (unpaired) electrons. The molecule has 1 saturated carbocycles. The minimum atomic E-state index is -0.382. The first-order chi connectivity index (χ1) is 12.0. The smallest absolute Gasteiger partial charge is 0.472 e. The zero-order chi connectivity index (χ0) is 19.2. The summed E-state index contributed by atoms with van der Waals surface area (Å²) in [5.41, 5.74) is 1.15. The highest BCUT2D eigenvalue weighted by atomic mass is 16.7. The molecule has 0 bridgehead atoms. The molecule has 0 N–H and O–H groups in total. The number of aromatic nitrogens is 1. The fourth-order valence-corrected chi connectivity index (χ4v) is 3.64. The molecular weight excluding hydrogens is 325 g/mol. The SMILES string of the molecule is CC(C)(C)Oc1cc(B2OC(C)(C)C(C)(C)O2)cc(C2CCCCC2)n1. The Morgan fingerprint density at radius 2 is 1.58 bits per heavy atom. The standard InChI is InChI=1S/C21H34BNO3/c1-19(2,3)24-18-14-16(22-25-20(4,5)21(6,7)26-22)13-17(23-18)15-11-9-8-10-12-15/h13-15H,8-12H2,1-7H3. The van der Waals surface area contributed by atoms with Crippen LogP contribution in [0.5, 0.6) is 5.88 Å². The average Bonchev–Trinajstić information content (AvgIpc) is 2.74. The Morgan fingerprint density at radius 3 is 2.12 bits per heavy atom. The van der Waals surface area contributed by atoms with Crippen molar-refractivity contribution in [2.45, 2.75) is 103 Å². The van der Waals surface area contributed by atoms with E-state index in [9.17, 15) is 0 Å². The first kappa shape index (κ1) is 19.7. The number of pyridine rings is 1. The molecule has 1 aliphatic heterocycles. The van der Waals surface area contributed by atoms with Gasteiger partial charge in [-0.25, -0.2) is 4.98 Å². The molecule has 144 valence electrons. The van der Waals surface area contributed by atoms with Crippen LogP contribution in [-0.2, 0) is 9.31 Å². The van der Waals surface area contributed by atoms with Gasteiger partial charge in [-0.15, -0.1) is 0 Å². The monoisotopic (exact) mass is 359 g/mol. The lowest BCUT2D eigenvalue weighted by atomic mass is 9.77. The van der Waals surface area contributed by atoms with E-state index in [4.69, 9.17) is 19.0 Å². The normalized spacial score (nSPS) is 23.3. The van der Waals surface area contributed by atoms with E-state index in [1.807, 2.05) is 6.07 Å². The largest absolute Gasteiger partial charge is 0.495 e. The Hall–Kier alpha value is -1.07. The van der Waals surface area contributed by atoms with Crippen LogP contribution in [0.25, 0.3) is 0 Å². The van der Waals surface area contributed by atoms with Crippen molar-refractivity contribution in [2.75, 3.05) is 0 Å². The van der Waals surface area contributed by atoms with Crippen LogP contribution in [0, 0.1) is 0 Å². The third kappa shape index (κ3) is 4.25. The van der Waals surface area contributed by atoms with E-state index in [1.54, 1.807) is 0 Å². The molecular formula is C21H34BNO3. The van der Waals surface area contributed by atoms with Crippen LogP contribution in [0.3, 0.4) is 0 Å². The van der Waals surface area contributed by atoms with Crippen molar-refractivity contribution in [3.8, 4) is 5.88 Å². The van der Waals surface area contributed by atoms with Crippen LogP contribution in [0.15, 0.2) is 12.1 Å². The zero-order valence-electron chi connectivity index (χ0n) is 17.5. The summed E-state index contributed by atoms with van der Waals surface area (Å²) in [5.74, 6) is 1.18. The van der Waals surface area contributed by atoms with Gasteiger partial charge in [-0.05, 0) is 72.8 Å². The van der Waals surface area contributed by atoms with Crippen LogP contribution in [0.2, 0.25) is 0 Å². The van der Waals surface area contributed by atoms with E-state index in [2.05, 4.69) is 54.5 Å². The van der Waals surface area contributed by atoms with E-state index in [0.717, 1.165) is 11.2 Å². The Balaban J connectivity index is 1.94. The second-order valence-electron chi connectivity index (χ2n) is 9.80. The number of rotatable bonds is 3. The third-order valence-electron chi connectivity index (χ3n) is 5.80. The lowest BCUT2D eigenvalue weighted by Gasteiger charge is -2.32. The number of ether oxygens (including phenoxy) is 1. The van der Waals surface area contributed by atoms with E-state index in [0.29, 0.717) is 11.8 Å². The van der Waals surface area contributed by atoms with Crippen molar-refractivity contribution < 1.29 is 14.0 Å². The average molecular weight is 359 g/mol. The molecule has 1 aliphatic carbocycles. The van der Waals surface area contributed by atoms with Crippen LogP contribution in [0.4, 0.5) is 0 Å². The van der Waals surface area contributed by atoms with Gasteiger partial charge in [0.2, 0.25) is 5.88 Å². The Bertz CT molecular complexity index is 629. The highest BCUT2D eigenvalue weighted by molar-refractivity contribution is 6.62. The predicted molar refractivity (Wildman–Crippen MR) is 106 cm³/mol. The van der Waals surface area contributed by atoms with Crippen LogP contribution in [0.1, 0.15) is 92.2 Å². The molecule has 0 aromatic carbocycles. The first-order valence-electron chi connectivity index (χ1n) is 10.0. The molecule has 0 atom stereocenters. The van der Waals surface area contributed by atoms with Gasteiger partial charge in [0.05, 0.1) is 11.2 Å². The van der Waals surface area contributed by atoms with Gasteiger partial charge in [0.15, 0.2) is 0 Å². The minimum absolute atomic E-state index is 0.286. The molecule has 1 aromatic rings. The van der Waals surface area contributed by atoms with E-state index in [-0.39, 0.29) is 23.9 Å². The molecule has 2 fully saturated rings. The lowest BCUT2D eigenvalue weighted by molar-refractivity contribution is 0.00578. The second kappa shape index (κ2) is 6.83. The summed E-state index contributed by atoms with van der Waals surface area (Å²) in [7, 11) is -0.382. The van der Waals surface area contributed by atoms with E-state index in [1.165, 1.54) is 32.1 Å². The van der Waals surface area contributed by atoms with Crippen molar-refractivity contribution in [3.63, 3.8) is 0 Å². The summed E-state index contributed by atoms with van der Waals surface area (Å²) in [4.78, 5) is 4.85. The Labute approximate surface area is 159 Å². The first-order valence-corrected chi connectivity index (χ1v) is 10.0. The van der Waals surface area contributed by atoms with Crippen molar-refractivity contribution in [3.05, 3.63) is 17.8 Å². The van der Waals surface area contributed by atoms with E-state index < -0.39 is 0 Å². The van der Waals surface area contributed by atoms with Gasteiger partial charge in [-0.2, -0.15) is 0 Å². The van der Waals surface area contributed by atoms with E-state index >= 15 is 0 Å². The second-order valence-corrected chi connectivity index (χ2v) is 9.80. The molecule has 1 saturated heterocycles. The van der Waals surface area contributed by atoms with Gasteiger partial charge in [0, 0.05) is 17.7 Å². The number of hydrogen-bond donors (Lipinski definition) is 0. The summed E-state index contributed by atoms with van der Waals surface area (Å²) in [6.07, 6.45) is 6.30. The molecule has 5 heteroatoms. The van der Waals surface area contributed by atoms with Gasteiger partial charge >= 0.3 is 7.12 Å². The highest BCUT2D eigenvalue weighted by Crippen LogP contribution is 2.37. The van der Waals surface area contributed by atoms with Crippen LogP contribution < -0.4 is 10.2 Å². The summed E-state index contributed by atoms with van der Waals surface area (Å²) in [5, 5.41) is 0. The lowest BCUT2D eigenvalue weighted by Crippen LogP contribution is -2.41. The summed E-state index contributed by atoms with van der Waals surface area (Å²) in [6.45, 7) is 14.5. The Kier molecular flexibility index (Phi) is 5.17. The van der Waals surface area contributed by atoms with Crippen molar-refractivity contribution in [1.29, 1.82) is 0 Å². The number of hydrogen-bond acceptors (Lipinski definition) is 4. The minimum Gasteiger partial charge on any atom is -0.472 e. The maximum absolute atomic E-state index is 6.27. The quantitative estimate of drug-likeness (QED) is 0.740. The van der Waals surface area contributed by atoms with Crippen molar-refractivity contribution in [2.24, 2.45) is 0 Å². The molecule has 0 unspecified atom stereocenters. The molecule has 0 spiro atoms. The fraction of sp³-hybridized carbons (Fsp3) is 0.762. The molecule has 3 rings (SSSR count). The third-order valence-corrected chi connectivity index (χ3v) is 5.80. The molecule has 0 amide bonds. The molecule has 2 heterocycles. The zero-order valence-corrected chi connectivity index (χ0v) is 17.5. The van der Waals surface area contributed by atoms with Crippen LogP contribution in [-0.4, -0.2) is 28.9 Å². The van der Waals surface area contributed by atoms with Gasteiger partial charge in [0.1, 0.15) is 5.60 Å². The summed E-state index contributed by atoms with van der Waals surface area (Å²) >= 11 is 0. The van der Waals surface area contributed by atoms with Gasteiger partial charge in [0.25, 0.3) is 0 Å². The van der Waals surface area contributed by atoms with Gasteiger partial charge < -0.3 is 14.0 Å². The molecule has 4 nitrogen and oxygen atoms in total.